The quantitative estimate of drug-likeness (QED) is 0.290. The minimum atomic E-state index is -4.76. The number of carbonyl (C=O) groups is 2. The zero-order chi connectivity index (χ0) is 27.9. The first-order chi connectivity index (χ1) is 18.6. The van der Waals surface area contributed by atoms with Crippen molar-refractivity contribution in [3.05, 3.63) is 63.8 Å². The third-order valence-electron chi connectivity index (χ3n) is 6.55. The van der Waals surface area contributed by atoms with Gasteiger partial charge in [-0.1, -0.05) is 6.92 Å². The topological polar surface area (TPSA) is 94.8 Å². The van der Waals surface area contributed by atoms with Gasteiger partial charge in [0.15, 0.2) is 17.0 Å². The third-order valence-corrected chi connectivity index (χ3v) is 7.72. The molecule has 12 heteroatoms. The summed E-state index contributed by atoms with van der Waals surface area (Å²) in [5.74, 6) is -0.317. The number of methoxy groups -OCH3 is 1. The van der Waals surface area contributed by atoms with Crippen LogP contribution in [0.15, 0.2) is 36.4 Å². The summed E-state index contributed by atoms with van der Waals surface area (Å²) in [7, 11) is 1.49. The lowest BCUT2D eigenvalue weighted by Crippen LogP contribution is -2.17. The number of amides is 1. The molecular formula is C27H25F3N4O4S. The van der Waals surface area contributed by atoms with Crippen LogP contribution >= 0.6 is 11.3 Å². The summed E-state index contributed by atoms with van der Waals surface area (Å²) in [6.45, 7) is 3.98. The highest BCUT2D eigenvalue weighted by Crippen LogP contribution is 2.40. The molecule has 39 heavy (non-hydrogen) atoms. The van der Waals surface area contributed by atoms with E-state index >= 15 is 0 Å². The molecule has 1 amide bonds. The summed E-state index contributed by atoms with van der Waals surface area (Å²) in [5.41, 5.74) is 0.163. The van der Waals surface area contributed by atoms with Gasteiger partial charge in [-0.2, -0.15) is 18.3 Å². The number of hydrogen-bond acceptors (Lipinski definition) is 7. The Morgan fingerprint density at radius 1 is 1.21 bits per heavy atom. The number of thiophene rings is 1. The number of fused-ring (bicyclic) bond motifs is 2. The molecule has 204 valence electrons. The van der Waals surface area contributed by atoms with Crippen molar-refractivity contribution in [2.24, 2.45) is 5.92 Å². The molecular weight excluding hydrogens is 533 g/mol. The summed E-state index contributed by atoms with van der Waals surface area (Å²) in [6, 6.07) is 8.50. The zero-order valence-electron chi connectivity index (χ0n) is 21.4. The lowest BCUT2D eigenvalue weighted by Gasteiger charge is -2.18. The summed E-state index contributed by atoms with van der Waals surface area (Å²) in [4.78, 5) is 31.3. The van der Waals surface area contributed by atoms with Gasteiger partial charge in [-0.05, 0) is 68.0 Å². The SMILES string of the molecule is CCOC(=O)c1c(NC(=O)c2cc3nc(-c4ccc(OC)cc4)cc(C(F)(F)F)n3n2)sc2c1CC[C@H](C)C2. The van der Waals surface area contributed by atoms with E-state index in [0.717, 1.165) is 29.3 Å². The monoisotopic (exact) mass is 558 g/mol. The molecule has 1 aliphatic rings. The van der Waals surface area contributed by atoms with Crippen molar-refractivity contribution in [1.29, 1.82) is 0 Å². The molecule has 1 aromatic carbocycles. The van der Waals surface area contributed by atoms with Gasteiger partial charge in [0.1, 0.15) is 10.8 Å². The molecule has 3 aromatic heterocycles. The first-order valence-corrected chi connectivity index (χ1v) is 13.2. The van der Waals surface area contributed by atoms with Crippen molar-refractivity contribution in [2.75, 3.05) is 19.0 Å². The second-order valence-electron chi connectivity index (χ2n) is 9.28. The van der Waals surface area contributed by atoms with Crippen LogP contribution in [0.2, 0.25) is 0 Å². The number of nitrogens with one attached hydrogen (secondary N) is 1. The van der Waals surface area contributed by atoms with E-state index in [2.05, 4.69) is 22.3 Å². The Labute approximate surface area is 225 Å². The van der Waals surface area contributed by atoms with Crippen molar-refractivity contribution in [1.82, 2.24) is 14.6 Å². The Morgan fingerprint density at radius 3 is 2.62 bits per heavy atom. The molecule has 1 aliphatic carbocycles. The highest BCUT2D eigenvalue weighted by molar-refractivity contribution is 7.17. The number of halogens is 3. The fraction of sp³-hybridized carbons (Fsp3) is 0.333. The van der Waals surface area contributed by atoms with Crippen LogP contribution in [0.3, 0.4) is 0 Å². The number of rotatable bonds is 6. The largest absolute Gasteiger partial charge is 0.497 e. The Kier molecular flexibility index (Phi) is 7.06. The molecule has 0 saturated carbocycles. The second kappa shape index (κ2) is 10.3. The number of carbonyl (C=O) groups excluding carboxylic acids is 2. The standard InChI is InChI=1S/C27H25F3N4O4S/c1-4-38-26(36)23-17-10-5-14(2)11-20(17)39-25(23)32-24(35)19-13-22-31-18(15-6-8-16(37-3)9-7-15)12-21(27(28,29)30)34(22)33-19/h6-9,12-14H,4-5,10-11H2,1-3H3,(H,32,35)/t14-/m0/s1. The van der Waals surface area contributed by atoms with Crippen molar-refractivity contribution in [3.63, 3.8) is 0 Å². The average Bonchev–Trinajstić information content (AvgIpc) is 3.48. The number of hydrogen-bond donors (Lipinski definition) is 1. The Balaban J connectivity index is 1.53. The number of alkyl halides is 3. The lowest BCUT2D eigenvalue weighted by atomic mass is 9.88. The molecule has 1 atom stereocenters. The van der Waals surface area contributed by atoms with Crippen LogP contribution in [-0.2, 0) is 23.8 Å². The predicted molar refractivity (Wildman–Crippen MR) is 139 cm³/mol. The van der Waals surface area contributed by atoms with Gasteiger partial charge >= 0.3 is 12.1 Å². The second-order valence-corrected chi connectivity index (χ2v) is 10.4. The molecule has 1 N–H and O–H groups in total. The normalized spacial score (nSPS) is 15.2. The molecule has 8 nitrogen and oxygen atoms in total. The van der Waals surface area contributed by atoms with Crippen LogP contribution in [-0.4, -0.2) is 40.2 Å². The van der Waals surface area contributed by atoms with Gasteiger partial charge in [0.2, 0.25) is 0 Å². The summed E-state index contributed by atoms with van der Waals surface area (Å²) in [6.07, 6.45) is -2.41. The van der Waals surface area contributed by atoms with Crippen molar-refractivity contribution < 1.29 is 32.2 Å². The third kappa shape index (κ3) is 5.20. The van der Waals surface area contributed by atoms with E-state index in [-0.39, 0.29) is 23.6 Å². The van der Waals surface area contributed by atoms with E-state index in [1.807, 2.05) is 0 Å². The van der Waals surface area contributed by atoms with Crippen LogP contribution in [0.5, 0.6) is 5.75 Å². The minimum absolute atomic E-state index is 0.0639. The van der Waals surface area contributed by atoms with Crippen molar-refractivity contribution in [2.45, 2.75) is 39.3 Å². The van der Waals surface area contributed by atoms with E-state index in [4.69, 9.17) is 9.47 Å². The van der Waals surface area contributed by atoms with Crippen molar-refractivity contribution >= 4 is 33.9 Å². The van der Waals surface area contributed by atoms with E-state index in [1.165, 1.54) is 24.5 Å². The Morgan fingerprint density at radius 2 is 1.95 bits per heavy atom. The Hall–Kier alpha value is -3.93. The number of anilines is 1. The molecule has 4 aromatic rings. The number of nitrogens with zero attached hydrogens (tertiary/aromatic N) is 3. The zero-order valence-corrected chi connectivity index (χ0v) is 22.2. The van der Waals surface area contributed by atoms with Crippen LogP contribution in [0.4, 0.5) is 18.2 Å². The van der Waals surface area contributed by atoms with Gasteiger partial charge in [0, 0.05) is 16.5 Å². The predicted octanol–water partition coefficient (Wildman–Crippen LogP) is 6.04. The molecule has 5 rings (SSSR count). The van der Waals surface area contributed by atoms with Crippen LogP contribution < -0.4 is 10.1 Å². The first kappa shape index (κ1) is 26.7. The van der Waals surface area contributed by atoms with Crippen LogP contribution in [0.25, 0.3) is 16.9 Å². The summed E-state index contributed by atoms with van der Waals surface area (Å²) >= 11 is 1.29. The van der Waals surface area contributed by atoms with Crippen molar-refractivity contribution in [3.8, 4) is 17.0 Å². The Bertz CT molecular complexity index is 1560. The summed E-state index contributed by atoms with van der Waals surface area (Å²) in [5, 5.41) is 6.93. The van der Waals surface area contributed by atoms with Gasteiger partial charge in [-0.15, -0.1) is 11.3 Å². The molecule has 0 saturated heterocycles. The lowest BCUT2D eigenvalue weighted by molar-refractivity contribution is -0.142. The van der Waals surface area contributed by atoms with Gasteiger partial charge in [-0.25, -0.2) is 14.3 Å². The summed E-state index contributed by atoms with van der Waals surface area (Å²) < 4.78 is 53.0. The highest BCUT2D eigenvalue weighted by atomic mass is 32.1. The fourth-order valence-corrected chi connectivity index (χ4v) is 6.02. The molecule has 0 unspecified atom stereocenters. The maximum atomic E-state index is 14.0. The molecule has 0 radical (unpaired) electrons. The van der Waals surface area contributed by atoms with E-state index in [1.54, 1.807) is 31.2 Å². The van der Waals surface area contributed by atoms with Gasteiger partial charge in [0.05, 0.1) is 25.0 Å². The van der Waals surface area contributed by atoms with E-state index in [9.17, 15) is 22.8 Å². The maximum absolute atomic E-state index is 14.0. The maximum Gasteiger partial charge on any atom is 0.433 e. The van der Waals surface area contributed by atoms with Gasteiger partial charge < -0.3 is 14.8 Å². The van der Waals surface area contributed by atoms with Crippen LogP contribution in [0, 0.1) is 5.92 Å². The highest BCUT2D eigenvalue weighted by Gasteiger charge is 2.36. The number of benzene rings is 1. The fourth-order valence-electron chi connectivity index (χ4n) is 4.62. The smallest absolute Gasteiger partial charge is 0.433 e. The van der Waals surface area contributed by atoms with E-state index < -0.39 is 23.7 Å². The molecule has 0 spiro atoms. The van der Waals surface area contributed by atoms with Gasteiger partial charge in [-0.3, -0.25) is 4.79 Å². The van der Waals surface area contributed by atoms with Crippen LogP contribution in [0.1, 0.15) is 57.2 Å². The number of esters is 1. The van der Waals surface area contributed by atoms with E-state index in [0.29, 0.717) is 38.7 Å². The molecule has 0 fully saturated rings. The number of ether oxygens (including phenoxy) is 2. The molecule has 0 aliphatic heterocycles. The first-order valence-electron chi connectivity index (χ1n) is 12.3. The minimum Gasteiger partial charge on any atom is -0.497 e. The molecule has 3 heterocycles. The molecule has 0 bridgehead atoms. The average molecular weight is 559 g/mol. The number of aromatic nitrogens is 3. The van der Waals surface area contributed by atoms with Gasteiger partial charge in [0.25, 0.3) is 5.91 Å².